The third-order valence-corrected chi connectivity index (χ3v) is 5.87. The molecule has 3 heterocycles. The molecule has 1 N–H and O–H groups in total. The Morgan fingerprint density at radius 2 is 1.97 bits per heavy atom. The number of carbonyl (C=O) groups is 2. The van der Waals surface area contributed by atoms with Gasteiger partial charge in [0.2, 0.25) is 0 Å². The number of ether oxygens (including phenoxy) is 1. The Morgan fingerprint density at radius 3 is 2.75 bits per heavy atom. The molecule has 1 amide bonds. The van der Waals surface area contributed by atoms with Crippen LogP contribution in [0.2, 0.25) is 0 Å². The lowest BCUT2D eigenvalue weighted by molar-refractivity contribution is -0.132. The molecule has 32 heavy (non-hydrogen) atoms. The predicted molar refractivity (Wildman–Crippen MR) is 120 cm³/mol. The molecular formula is C26H22N2O4. The fourth-order valence-electron chi connectivity index (χ4n) is 4.36. The number of hydrogen-bond acceptors (Lipinski definition) is 5. The summed E-state index contributed by atoms with van der Waals surface area (Å²) < 4.78 is 5.66. The summed E-state index contributed by atoms with van der Waals surface area (Å²) in [6.45, 7) is 2.59. The monoisotopic (exact) mass is 426 g/mol. The van der Waals surface area contributed by atoms with Crippen molar-refractivity contribution in [1.29, 1.82) is 0 Å². The fourth-order valence-corrected chi connectivity index (χ4v) is 4.36. The minimum absolute atomic E-state index is 0.0342. The number of pyridine rings is 1. The van der Waals surface area contributed by atoms with Crippen molar-refractivity contribution < 1.29 is 19.4 Å². The molecule has 1 fully saturated rings. The first-order valence-corrected chi connectivity index (χ1v) is 10.6. The molecule has 1 atom stereocenters. The van der Waals surface area contributed by atoms with Gasteiger partial charge in [0.1, 0.15) is 17.6 Å². The van der Waals surface area contributed by atoms with Gasteiger partial charge in [0.05, 0.1) is 17.9 Å². The number of ketones is 1. The van der Waals surface area contributed by atoms with Crippen LogP contribution in [0, 0.1) is 6.92 Å². The molecule has 2 aromatic carbocycles. The normalized spacial score (nSPS) is 19.5. The number of aryl methyl sites for hydroxylation is 2. The van der Waals surface area contributed by atoms with Gasteiger partial charge in [0.15, 0.2) is 0 Å². The smallest absolute Gasteiger partial charge is 0.300 e. The summed E-state index contributed by atoms with van der Waals surface area (Å²) in [7, 11) is 0. The van der Waals surface area contributed by atoms with E-state index in [9.17, 15) is 14.7 Å². The van der Waals surface area contributed by atoms with Gasteiger partial charge >= 0.3 is 0 Å². The van der Waals surface area contributed by atoms with Crippen molar-refractivity contribution in [1.82, 2.24) is 4.98 Å². The summed E-state index contributed by atoms with van der Waals surface area (Å²) >= 11 is 0. The lowest BCUT2D eigenvalue weighted by Gasteiger charge is -2.25. The highest BCUT2D eigenvalue weighted by Gasteiger charge is 2.47. The van der Waals surface area contributed by atoms with Crippen LogP contribution in [-0.2, 0) is 16.0 Å². The standard InChI is InChI=1S/C26H22N2O4/c1-16-6-4-8-19(14-16)28-23(20-9-2-3-12-27-20)22(25(30)26(28)31)24(29)18-10-11-21-17(15-18)7-5-13-32-21/h2-4,6,8-12,14-15,23,29H,5,7,13H2,1H3/b24-22-. The van der Waals surface area contributed by atoms with Gasteiger partial charge in [-0.25, -0.2) is 0 Å². The van der Waals surface area contributed by atoms with E-state index in [4.69, 9.17) is 4.74 Å². The average Bonchev–Trinajstić information content (AvgIpc) is 3.09. The van der Waals surface area contributed by atoms with Crippen LogP contribution in [0.3, 0.4) is 0 Å². The molecule has 0 spiro atoms. The molecule has 0 radical (unpaired) electrons. The third kappa shape index (κ3) is 3.34. The SMILES string of the molecule is Cc1cccc(N2C(=O)C(=O)/C(=C(\O)c3ccc4c(c3)CCCO4)C2c2ccccn2)c1. The van der Waals surface area contributed by atoms with Gasteiger partial charge in [-0.2, -0.15) is 0 Å². The van der Waals surface area contributed by atoms with E-state index in [1.807, 2.05) is 31.2 Å². The lowest BCUT2D eigenvalue weighted by atomic mass is 9.96. The zero-order valence-electron chi connectivity index (χ0n) is 17.6. The Labute approximate surface area is 185 Å². The molecule has 2 aliphatic rings. The second kappa shape index (κ2) is 7.96. The maximum atomic E-state index is 13.2. The Morgan fingerprint density at radius 1 is 1.09 bits per heavy atom. The Balaban J connectivity index is 1.69. The maximum Gasteiger partial charge on any atom is 0.300 e. The quantitative estimate of drug-likeness (QED) is 0.383. The zero-order chi connectivity index (χ0) is 22.2. The second-order valence-corrected chi connectivity index (χ2v) is 8.04. The molecule has 0 saturated carbocycles. The molecule has 6 nitrogen and oxygen atoms in total. The molecule has 1 aromatic heterocycles. The van der Waals surface area contributed by atoms with E-state index in [0.717, 1.165) is 29.7 Å². The van der Waals surface area contributed by atoms with Gasteiger partial charge in [-0.1, -0.05) is 18.2 Å². The Hall–Kier alpha value is -3.93. The average molecular weight is 426 g/mol. The van der Waals surface area contributed by atoms with E-state index in [2.05, 4.69) is 4.98 Å². The number of anilines is 1. The van der Waals surface area contributed by atoms with E-state index in [-0.39, 0.29) is 11.3 Å². The van der Waals surface area contributed by atoms with Crippen molar-refractivity contribution in [2.24, 2.45) is 0 Å². The first kappa shape index (κ1) is 20.0. The van der Waals surface area contributed by atoms with Crippen molar-refractivity contribution in [3.63, 3.8) is 0 Å². The number of amides is 1. The molecule has 160 valence electrons. The third-order valence-electron chi connectivity index (χ3n) is 5.87. The van der Waals surface area contributed by atoms with Crippen LogP contribution in [-0.4, -0.2) is 28.4 Å². The number of carbonyl (C=O) groups excluding carboxylic acids is 2. The maximum absolute atomic E-state index is 13.2. The number of nitrogens with zero attached hydrogens (tertiary/aromatic N) is 2. The predicted octanol–water partition coefficient (Wildman–Crippen LogP) is 4.34. The van der Waals surface area contributed by atoms with E-state index in [0.29, 0.717) is 23.6 Å². The van der Waals surface area contributed by atoms with Crippen molar-refractivity contribution in [3.8, 4) is 5.75 Å². The number of aliphatic hydroxyl groups excluding tert-OH is 1. The van der Waals surface area contributed by atoms with E-state index in [1.54, 1.807) is 42.6 Å². The summed E-state index contributed by atoms with van der Waals surface area (Å²) in [5.74, 6) is -0.834. The number of benzene rings is 2. The van der Waals surface area contributed by atoms with Crippen LogP contribution >= 0.6 is 0 Å². The fraction of sp³-hybridized carbons (Fsp3) is 0.192. The first-order valence-electron chi connectivity index (χ1n) is 10.6. The molecule has 0 bridgehead atoms. The van der Waals surface area contributed by atoms with E-state index in [1.165, 1.54) is 4.90 Å². The summed E-state index contributed by atoms with van der Waals surface area (Å²) in [5.41, 5.74) is 3.54. The number of rotatable bonds is 3. The van der Waals surface area contributed by atoms with Gasteiger partial charge in [-0.3, -0.25) is 19.5 Å². The number of aliphatic hydroxyl groups is 1. The van der Waals surface area contributed by atoms with Crippen molar-refractivity contribution in [2.45, 2.75) is 25.8 Å². The first-order chi connectivity index (χ1) is 15.5. The molecule has 6 heteroatoms. The summed E-state index contributed by atoms with van der Waals surface area (Å²) in [6.07, 6.45) is 3.34. The Kier molecular flexibility index (Phi) is 4.98. The largest absolute Gasteiger partial charge is 0.507 e. The lowest BCUT2D eigenvalue weighted by Crippen LogP contribution is -2.29. The van der Waals surface area contributed by atoms with Gasteiger partial charge < -0.3 is 9.84 Å². The molecular weight excluding hydrogens is 404 g/mol. The molecule has 3 aromatic rings. The van der Waals surface area contributed by atoms with Crippen LogP contribution in [0.4, 0.5) is 5.69 Å². The topological polar surface area (TPSA) is 79.7 Å². The summed E-state index contributed by atoms with van der Waals surface area (Å²) in [4.78, 5) is 32.2. The van der Waals surface area contributed by atoms with Gasteiger partial charge in [0, 0.05) is 17.4 Å². The molecule has 2 aliphatic heterocycles. The molecule has 0 aliphatic carbocycles. The van der Waals surface area contributed by atoms with E-state index < -0.39 is 17.7 Å². The van der Waals surface area contributed by atoms with Gasteiger partial charge in [0.25, 0.3) is 11.7 Å². The van der Waals surface area contributed by atoms with Crippen LogP contribution in [0.1, 0.15) is 34.8 Å². The van der Waals surface area contributed by atoms with Gasteiger partial charge in [-0.15, -0.1) is 0 Å². The summed E-state index contributed by atoms with van der Waals surface area (Å²) in [6, 6.07) is 17.2. The van der Waals surface area contributed by atoms with Crippen LogP contribution in [0.25, 0.3) is 5.76 Å². The summed E-state index contributed by atoms with van der Waals surface area (Å²) in [5, 5.41) is 11.3. The number of Topliss-reactive ketones (excluding diaryl/α,β-unsaturated/α-hetero) is 1. The highest BCUT2D eigenvalue weighted by atomic mass is 16.5. The zero-order valence-corrected chi connectivity index (χ0v) is 17.6. The van der Waals surface area contributed by atoms with Gasteiger partial charge in [-0.05, 0) is 73.4 Å². The molecule has 1 saturated heterocycles. The molecule has 1 unspecified atom stereocenters. The van der Waals surface area contributed by atoms with Crippen molar-refractivity contribution >= 4 is 23.1 Å². The Bertz CT molecular complexity index is 1250. The number of fused-ring (bicyclic) bond motifs is 1. The van der Waals surface area contributed by atoms with Crippen molar-refractivity contribution in [3.05, 3.63) is 94.8 Å². The van der Waals surface area contributed by atoms with E-state index >= 15 is 0 Å². The van der Waals surface area contributed by atoms with Crippen LogP contribution in [0.5, 0.6) is 5.75 Å². The molecule has 5 rings (SSSR count). The number of aromatic nitrogens is 1. The highest BCUT2D eigenvalue weighted by Crippen LogP contribution is 2.42. The van der Waals surface area contributed by atoms with Crippen molar-refractivity contribution in [2.75, 3.05) is 11.5 Å². The van der Waals surface area contributed by atoms with Crippen LogP contribution < -0.4 is 9.64 Å². The second-order valence-electron chi connectivity index (χ2n) is 8.04. The minimum atomic E-state index is -0.828. The highest BCUT2D eigenvalue weighted by molar-refractivity contribution is 6.51. The van der Waals surface area contributed by atoms with Crippen LogP contribution in [0.15, 0.2) is 72.4 Å². The number of hydrogen-bond donors (Lipinski definition) is 1. The minimum Gasteiger partial charge on any atom is -0.507 e.